The van der Waals surface area contributed by atoms with Crippen LogP contribution < -0.4 is 4.72 Å². The molecule has 0 amide bonds. The summed E-state index contributed by atoms with van der Waals surface area (Å²) in [6.07, 6.45) is 0. The highest BCUT2D eigenvalue weighted by atomic mass is 32.2. The zero-order valence-corrected chi connectivity index (χ0v) is 11.2. The maximum atomic E-state index is 13.6. The van der Waals surface area contributed by atoms with Gasteiger partial charge in [0, 0.05) is 5.69 Å². The molecule has 0 bridgehead atoms. The third-order valence-electron chi connectivity index (χ3n) is 2.56. The Kier molecular flexibility index (Phi) is 3.90. The number of rotatable bonds is 4. The highest BCUT2D eigenvalue weighted by Crippen LogP contribution is 2.20. The van der Waals surface area contributed by atoms with Crippen molar-refractivity contribution < 1.29 is 27.1 Å². The lowest BCUT2D eigenvalue weighted by atomic mass is 10.2. The van der Waals surface area contributed by atoms with Crippen LogP contribution in [0.25, 0.3) is 0 Å². The van der Waals surface area contributed by atoms with Crippen molar-refractivity contribution in [2.45, 2.75) is 4.90 Å². The molecule has 0 saturated carbocycles. The predicted octanol–water partition coefficient (Wildman–Crippen LogP) is 2.46. The van der Waals surface area contributed by atoms with Gasteiger partial charge < -0.3 is 5.11 Å². The molecule has 0 saturated heterocycles. The minimum absolute atomic E-state index is 0.0246. The molecule has 2 rings (SSSR count). The SMILES string of the molecule is O=C(O)c1ccc(F)c(S(=O)(=O)Nc2ccc(F)cc2)c1. The number of carbonyl (C=O) groups is 1. The van der Waals surface area contributed by atoms with Gasteiger partial charge in [0.2, 0.25) is 0 Å². The van der Waals surface area contributed by atoms with Crippen LogP contribution in [0.1, 0.15) is 10.4 Å². The zero-order chi connectivity index (χ0) is 15.6. The molecule has 0 unspecified atom stereocenters. The van der Waals surface area contributed by atoms with E-state index in [0.717, 1.165) is 36.4 Å². The second kappa shape index (κ2) is 5.49. The molecule has 0 radical (unpaired) electrons. The van der Waals surface area contributed by atoms with Gasteiger partial charge in [-0.05, 0) is 42.5 Å². The Hall–Kier alpha value is -2.48. The number of carboxylic acid groups (broad SMARTS) is 1. The van der Waals surface area contributed by atoms with Crippen molar-refractivity contribution in [1.82, 2.24) is 0 Å². The van der Waals surface area contributed by atoms with Crippen LogP contribution in [0, 0.1) is 11.6 Å². The molecule has 21 heavy (non-hydrogen) atoms. The number of carboxylic acids is 1. The van der Waals surface area contributed by atoms with Gasteiger partial charge in [0.05, 0.1) is 5.56 Å². The van der Waals surface area contributed by atoms with Crippen molar-refractivity contribution in [3.05, 3.63) is 59.7 Å². The Morgan fingerprint density at radius 1 is 1.05 bits per heavy atom. The third kappa shape index (κ3) is 3.34. The molecule has 0 spiro atoms. The smallest absolute Gasteiger partial charge is 0.335 e. The van der Waals surface area contributed by atoms with Gasteiger partial charge in [0.1, 0.15) is 16.5 Å². The summed E-state index contributed by atoms with van der Waals surface area (Å²) in [5.41, 5.74) is -0.340. The molecule has 8 heteroatoms. The van der Waals surface area contributed by atoms with Crippen molar-refractivity contribution in [2.24, 2.45) is 0 Å². The van der Waals surface area contributed by atoms with Crippen molar-refractivity contribution in [1.29, 1.82) is 0 Å². The molecule has 5 nitrogen and oxygen atoms in total. The normalized spacial score (nSPS) is 11.1. The number of nitrogens with one attached hydrogen (secondary N) is 1. The van der Waals surface area contributed by atoms with E-state index in [1.807, 2.05) is 4.72 Å². The van der Waals surface area contributed by atoms with Gasteiger partial charge in [0.15, 0.2) is 0 Å². The van der Waals surface area contributed by atoms with Crippen LogP contribution in [0.4, 0.5) is 14.5 Å². The second-order valence-corrected chi connectivity index (χ2v) is 5.71. The summed E-state index contributed by atoms with van der Waals surface area (Å²) in [4.78, 5) is 10.0. The van der Waals surface area contributed by atoms with Gasteiger partial charge in [-0.15, -0.1) is 0 Å². The van der Waals surface area contributed by atoms with Gasteiger partial charge in [0.25, 0.3) is 10.0 Å². The molecule has 2 aromatic rings. The molecule has 2 aromatic carbocycles. The first-order valence-corrected chi connectivity index (χ1v) is 7.09. The predicted molar refractivity (Wildman–Crippen MR) is 70.6 cm³/mol. The molecular formula is C13H9F2NO4S. The molecule has 0 aliphatic rings. The van der Waals surface area contributed by atoms with Gasteiger partial charge in [-0.3, -0.25) is 4.72 Å². The number of benzene rings is 2. The number of hydrogen-bond donors (Lipinski definition) is 2. The topological polar surface area (TPSA) is 83.5 Å². The van der Waals surface area contributed by atoms with Crippen LogP contribution in [0.3, 0.4) is 0 Å². The number of anilines is 1. The first-order valence-electron chi connectivity index (χ1n) is 5.61. The van der Waals surface area contributed by atoms with E-state index in [9.17, 15) is 22.0 Å². The zero-order valence-electron chi connectivity index (χ0n) is 10.4. The monoisotopic (exact) mass is 313 g/mol. The summed E-state index contributed by atoms with van der Waals surface area (Å²) in [5, 5.41) is 8.81. The molecule has 2 N–H and O–H groups in total. The Labute approximate surface area is 118 Å². The minimum atomic E-state index is -4.32. The van der Waals surface area contributed by atoms with Gasteiger partial charge in [-0.2, -0.15) is 0 Å². The molecule has 0 aromatic heterocycles. The number of sulfonamides is 1. The quantitative estimate of drug-likeness (QED) is 0.908. The van der Waals surface area contributed by atoms with Gasteiger partial charge >= 0.3 is 5.97 Å². The molecule has 0 fully saturated rings. The highest BCUT2D eigenvalue weighted by molar-refractivity contribution is 7.92. The van der Waals surface area contributed by atoms with Crippen molar-refractivity contribution in [3.63, 3.8) is 0 Å². The maximum Gasteiger partial charge on any atom is 0.335 e. The fourth-order valence-electron chi connectivity index (χ4n) is 1.57. The van der Waals surface area contributed by atoms with Gasteiger partial charge in [-0.25, -0.2) is 22.0 Å². The van der Waals surface area contributed by atoms with E-state index in [4.69, 9.17) is 5.11 Å². The summed E-state index contributed by atoms with van der Waals surface area (Å²) < 4.78 is 52.5. The number of hydrogen-bond acceptors (Lipinski definition) is 3. The van der Waals surface area contributed by atoms with E-state index in [1.54, 1.807) is 0 Å². The molecule has 0 atom stereocenters. The minimum Gasteiger partial charge on any atom is -0.478 e. The van der Waals surface area contributed by atoms with E-state index in [1.165, 1.54) is 0 Å². The molecular weight excluding hydrogens is 304 g/mol. The average Bonchev–Trinajstić information content (AvgIpc) is 2.41. The molecule has 0 aliphatic heterocycles. The summed E-state index contributed by atoms with van der Waals surface area (Å²) in [5.74, 6) is -3.03. The summed E-state index contributed by atoms with van der Waals surface area (Å²) in [6.45, 7) is 0. The van der Waals surface area contributed by atoms with Crippen molar-refractivity contribution >= 4 is 21.7 Å². The molecule has 0 heterocycles. The second-order valence-electron chi connectivity index (χ2n) is 4.06. The first-order chi connectivity index (χ1) is 9.79. The Morgan fingerprint density at radius 2 is 1.67 bits per heavy atom. The summed E-state index contributed by atoms with van der Waals surface area (Å²) >= 11 is 0. The molecule has 110 valence electrons. The van der Waals surface area contributed by atoms with E-state index in [-0.39, 0.29) is 11.3 Å². The van der Waals surface area contributed by atoms with Crippen LogP contribution in [0.5, 0.6) is 0 Å². The van der Waals surface area contributed by atoms with Gasteiger partial charge in [-0.1, -0.05) is 0 Å². The number of halogens is 2. The highest BCUT2D eigenvalue weighted by Gasteiger charge is 2.21. The maximum absolute atomic E-state index is 13.6. The van der Waals surface area contributed by atoms with Crippen molar-refractivity contribution in [2.75, 3.05) is 4.72 Å². The van der Waals surface area contributed by atoms with Crippen molar-refractivity contribution in [3.8, 4) is 0 Å². The fourth-order valence-corrected chi connectivity index (χ4v) is 2.73. The Bertz CT molecular complexity index is 788. The lowest BCUT2D eigenvalue weighted by Gasteiger charge is -2.09. The largest absolute Gasteiger partial charge is 0.478 e. The number of aromatic carboxylic acids is 1. The van der Waals surface area contributed by atoms with E-state index >= 15 is 0 Å². The summed E-state index contributed by atoms with van der Waals surface area (Å²) in [7, 11) is -4.32. The Morgan fingerprint density at radius 3 is 2.24 bits per heavy atom. The lowest BCUT2D eigenvalue weighted by Crippen LogP contribution is -2.15. The van der Waals surface area contributed by atoms with Crippen LogP contribution in [-0.2, 0) is 10.0 Å². The average molecular weight is 313 g/mol. The lowest BCUT2D eigenvalue weighted by molar-refractivity contribution is 0.0696. The fraction of sp³-hybridized carbons (Fsp3) is 0. The Balaban J connectivity index is 2.41. The first kappa shape index (κ1) is 14.9. The standard InChI is InChI=1S/C13H9F2NO4S/c14-9-2-4-10(5-3-9)16-21(19,20)12-7-8(13(17)18)1-6-11(12)15/h1-7,16H,(H,17,18). The van der Waals surface area contributed by atoms with Crippen LogP contribution >= 0.6 is 0 Å². The molecule has 0 aliphatic carbocycles. The third-order valence-corrected chi connectivity index (χ3v) is 3.96. The van der Waals surface area contributed by atoms with E-state index < -0.39 is 32.5 Å². The van der Waals surface area contributed by atoms with Crippen LogP contribution in [0.2, 0.25) is 0 Å². The summed E-state index contributed by atoms with van der Waals surface area (Å²) in [6, 6.07) is 6.79. The van der Waals surface area contributed by atoms with E-state index in [2.05, 4.69) is 0 Å². The van der Waals surface area contributed by atoms with Crippen LogP contribution in [-0.4, -0.2) is 19.5 Å². The van der Waals surface area contributed by atoms with Crippen LogP contribution in [0.15, 0.2) is 47.4 Å². The van der Waals surface area contributed by atoms with E-state index in [0.29, 0.717) is 6.07 Å².